The number of unbranched alkanes of at least 4 members (excludes halogenated alkanes) is 5. The van der Waals surface area contributed by atoms with Crippen molar-refractivity contribution in [2.45, 2.75) is 52.4 Å². The Balaban J connectivity index is 0. The van der Waals surface area contributed by atoms with Gasteiger partial charge in [0.1, 0.15) is 0 Å². The number of hydrogen-bond acceptors (Lipinski definition) is 0. The summed E-state index contributed by atoms with van der Waals surface area (Å²) in [6.07, 6.45) is 8.49. The fourth-order valence-corrected chi connectivity index (χ4v) is 0.854. The summed E-state index contributed by atoms with van der Waals surface area (Å²) in [6, 6.07) is 0. The zero-order valence-corrected chi connectivity index (χ0v) is 13.3. The van der Waals surface area contributed by atoms with E-state index in [-0.39, 0.29) is 0 Å². The normalized spacial score (nSPS) is 8.36. The second-order valence-corrected chi connectivity index (χ2v) is 8.51. The molecule has 0 spiro atoms. The standard InChI is InChI=1S/C8H18.2ClH.In.H/c1-3-5-7-8-6-4-2;;;;/h3-8H2,1-2H3;2*1H;;/q;;;+2;/p-2. The average Bonchev–Trinajstić information content (AvgIpc) is 2.00. The third kappa shape index (κ3) is 24.6. The van der Waals surface area contributed by atoms with Gasteiger partial charge in [-0.25, -0.2) is 0 Å². The second-order valence-electron chi connectivity index (χ2n) is 2.52. The van der Waals surface area contributed by atoms with Crippen molar-refractivity contribution in [1.29, 1.82) is 0 Å². The minimum absolute atomic E-state index is 1.07. The van der Waals surface area contributed by atoms with Crippen LogP contribution in [0.4, 0.5) is 0 Å². The first kappa shape index (κ1) is 14.9. The molecule has 0 aromatic rings. The molecular weight excluding hydrogens is 282 g/mol. The molecule has 68 valence electrons. The molecule has 0 bridgehead atoms. The molecular formula is C8H19Cl2In. The van der Waals surface area contributed by atoms with Gasteiger partial charge in [-0.15, -0.1) is 0 Å². The van der Waals surface area contributed by atoms with Crippen molar-refractivity contribution < 1.29 is 0 Å². The molecule has 0 aliphatic rings. The van der Waals surface area contributed by atoms with Gasteiger partial charge in [0.25, 0.3) is 0 Å². The van der Waals surface area contributed by atoms with Gasteiger partial charge in [-0.05, 0) is 0 Å². The van der Waals surface area contributed by atoms with Crippen molar-refractivity contribution >= 4 is 37.7 Å². The van der Waals surface area contributed by atoms with Crippen molar-refractivity contribution in [3.05, 3.63) is 0 Å². The van der Waals surface area contributed by atoms with E-state index < -0.39 is 20.5 Å². The zero-order valence-electron chi connectivity index (χ0n) is 7.71. The van der Waals surface area contributed by atoms with Crippen LogP contribution in [0.2, 0.25) is 0 Å². The average molecular weight is 301 g/mol. The van der Waals surface area contributed by atoms with Gasteiger partial charge >= 0.3 is 37.7 Å². The van der Waals surface area contributed by atoms with Crippen molar-refractivity contribution in [1.82, 2.24) is 0 Å². The maximum atomic E-state index is 4.97. The molecule has 0 aromatic carbocycles. The summed E-state index contributed by atoms with van der Waals surface area (Å²) in [7, 11) is 9.95. The van der Waals surface area contributed by atoms with E-state index in [4.69, 9.17) is 17.2 Å². The Hall–Kier alpha value is 1.45. The molecule has 11 heavy (non-hydrogen) atoms. The summed E-state index contributed by atoms with van der Waals surface area (Å²) >= 11 is -1.07. The van der Waals surface area contributed by atoms with Gasteiger partial charge in [-0.2, -0.15) is 0 Å². The van der Waals surface area contributed by atoms with Gasteiger partial charge < -0.3 is 0 Å². The van der Waals surface area contributed by atoms with Crippen LogP contribution in [0.5, 0.6) is 0 Å². The molecule has 0 rings (SSSR count). The summed E-state index contributed by atoms with van der Waals surface area (Å²) in [5.74, 6) is 0. The maximum absolute atomic E-state index is 4.97. The number of halogens is 2. The molecule has 0 heterocycles. The van der Waals surface area contributed by atoms with Gasteiger partial charge in [0.2, 0.25) is 0 Å². The van der Waals surface area contributed by atoms with E-state index in [1.165, 1.54) is 38.5 Å². The fourth-order valence-electron chi connectivity index (χ4n) is 0.854. The summed E-state index contributed by atoms with van der Waals surface area (Å²) in [4.78, 5) is 0. The first-order valence-electron chi connectivity index (χ1n) is 4.45. The number of rotatable bonds is 5. The summed E-state index contributed by atoms with van der Waals surface area (Å²) in [5.41, 5.74) is 0. The monoisotopic (exact) mass is 300 g/mol. The first-order chi connectivity index (χ1) is 5.33. The number of hydrogen-bond donors (Lipinski definition) is 0. The van der Waals surface area contributed by atoms with E-state index in [0.29, 0.717) is 0 Å². The van der Waals surface area contributed by atoms with Crippen LogP contribution in [-0.2, 0) is 0 Å². The van der Waals surface area contributed by atoms with E-state index in [9.17, 15) is 0 Å². The van der Waals surface area contributed by atoms with Crippen LogP contribution >= 0.6 is 17.2 Å². The van der Waals surface area contributed by atoms with E-state index in [1.807, 2.05) is 0 Å². The molecule has 0 aromatic heterocycles. The Kier molecular flexibility index (Phi) is 23.8. The first-order valence-corrected chi connectivity index (χ1v) is 14.7. The molecule has 0 aliphatic carbocycles. The fraction of sp³-hybridized carbons (Fsp3) is 1.00. The quantitative estimate of drug-likeness (QED) is 0.671. The van der Waals surface area contributed by atoms with Crippen molar-refractivity contribution in [3.63, 3.8) is 0 Å². The van der Waals surface area contributed by atoms with Crippen LogP contribution in [0.15, 0.2) is 0 Å². The molecule has 0 nitrogen and oxygen atoms in total. The molecule has 3 heteroatoms. The van der Waals surface area contributed by atoms with E-state index in [1.54, 1.807) is 0 Å². The van der Waals surface area contributed by atoms with Crippen LogP contribution in [-0.4, -0.2) is 20.5 Å². The van der Waals surface area contributed by atoms with E-state index in [0.717, 1.165) is 0 Å². The van der Waals surface area contributed by atoms with Crippen molar-refractivity contribution in [2.75, 3.05) is 0 Å². The van der Waals surface area contributed by atoms with Crippen LogP contribution in [0.25, 0.3) is 0 Å². The SMILES string of the molecule is CCCCCCCC.[Cl][InH][Cl]. The molecule has 0 amide bonds. The Morgan fingerprint density at radius 1 is 0.818 bits per heavy atom. The molecule has 0 fully saturated rings. The molecule has 0 saturated carbocycles. The second kappa shape index (κ2) is 17.5. The van der Waals surface area contributed by atoms with Gasteiger partial charge in [0.15, 0.2) is 0 Å². The third-order valence-corrected chi connectivity index (χ3v) is 1.46. The Labute approximate surface area is 89.5 Å². The van der Waals surface area contributed by atoms with Gasteiger partial charge in [0.05, 0.1) is 0 Å². The summed E-state index contributed by atoms with van der Waals surface area (Å²) < 4.78 is 0. The topological polar surface area (TPSA) is 0 Å². The summed E-state index contributed by atoms with van der Waals surface area (Å²) in [5, 5.41) is 0. The Morgan fingerprint density at radius 3 is 1.27 bits per heavy atom. The van der Waals surface area contributed by atoms with Crippen molar-refractivity contribution in [2.24, 2.45) is 0 Å². The predicted molar refractivity (Wildman–Crippen MR) is 57.9 cm³/mol. The predicted octanol–water partition coefficient (Wildman–Crippen LogP) is 4.10. The van der Waals surface area contributed by atoms with Crippen LogP contribution in [0.1, 0.15) is 52.4 Å². The third-order valence-electron chi connectivity index (χ3n) is 1.46. The molecule has 0 radical (unpaired) electrons. The Bertz CT molecular complexity index is 45.4. The minimum atomic E-state index is -1.07. The van der Waals surface area contributed by atoms with Crippen LogP contribution in [0, 0.1) is 0 Å². The van der Waals surface area contributed by atoms with Gasteiger partial charge in [-0.1, -0.05) is 52.4 Å². The van der Waals surface area contributed by atoms with E-state index >= 15 is 0 Å². The molecule has 0 atom stereocenters. The molecule has 0 aliphatic heterocycles. The van der Waals surface area contributed by atoms with Crippen molar-refractivity contribution in [3.8, 4) is 0 Å². The van der Waals surface area contributed by atoms with Gasteiger partial charge in [0, 0.05) is 0 Å². The van der Waals surface area contributed by atoms with Crippen LogP contribution < -0.4 is 0 Å². The van der Waals surface area contributed by atoms with E-state index in [2.05, 4.69) is 13.8 Å². The molecule has 0 unspecified atom stereocenters. The van der Waals surface area contributed by atoms with Gasteiger partial charge in [-0.3, -0.25) is 0 Å². The summed E-state index contributed by atoms with van der Waals surface area (Å²) in [6.45, 7) is 4.51. The molecule has 0 N–H and O–H groups in total. The zero-order chi connectivity index (χ0) is 8.95. The molecule has 0 saturated heterocycles. The van der Waals surface area contributed by atoms with Crippen LogP contribution in [0.3, 0.4) is 0 Å². The Morgan fingerprint density at radius 2 is 1.09 bits per heavy atom.